The highest BCUT2D eigenvalue weighted by Crippen LogP contribution is 2.29. The Kier molecular flexibility index (Phi) is 6.05. The molecule has 0 atom stereocenters. The quantitative estimate of drug-likeness (QED) is 0.783. The molecule has 1 amide bonds. The molecule has 3 N–H and O–H groups in total. The van der Waals surface area contributed by atoms with Crippen molar-refractivity contribution in [3.05, 3.63) is 46.0 Å². The number of amides is 1. The molecule has 0 saturated carbocycles. The third kappa shape index (κ3) is 4.18. The van der Waals surface area contributed by atoms with Crippen LogP contribution in [0.15, 0.2) is 24.3 Å². The van der Waals surface area contributed by atoms with Crippen LogP contribution in [0, 0.1) is 0 Å². The zero-order valence-electron chi connectivity index (χ0n) is 14.0. The summed E-state index contributed by atoms with van der Waals surface area (Å²) in [6.45, 7) is 6.35. The fourth-order valence-electron chi connectivity index (χ4n) is 2.08. The molecule has 1 aromatic heterocycles. The Morgan fingerprint density at radius 3 is 2.50 bits per heavy atom. The van der Waals surface area contributed by atoms with Gasteiger partial charge in [0.05, 0.1) is 12.3 Å². The van der Waals surface area contributed by atoms with Crippen LogP contribution in [0.25, 0.3) is 0 Å². The number of hydrogen-bond acceptors (Lipinski definition) is 6. The number of benzene rings is 1. The van der Waals surface area contributed by atoms with Crippen molar-refractivity contribution < 1.29 is 14.3 Å². The van der Waals surface area contributed by atoms with Gasteiger partial charge in [-0.15, -0.1) is 0 Å². The lowest BCUT2D eigenvalue weighted by Gasteiger charge is -2.04. The highest BCUT2D eigenvalue weighted by Gasteiger charge is 2.22. The number of nitrogens with zero attached hydrogens (tertiary/aromatic N) is 1. The molecule has 1 aromatic carbocycles. The normalized spacial score (nSPS) is 10.7. The first-order chi connectivity index (χ1) is 11.5. The fourth-order valence-corrected chi connectivity index (χ4v) is 3.09. The van der Waals surface area contributed by atoms with E-state index in [4.69, 9.17) is 10.5 Å². The first-order valence-electron chi connectivity index (χ1n) is 7.74. The Morgan fingerprint density at radius 2 is 1.96 bits per heavy atom. The lowest BCUT2D eigenvalue weighted by Crippen LogP contribution is -2.12. The summed E-state index contributed by atoms with van der Waals surface area (Å²) in [5, 5.41) is 3.12. The summed E-state index contributed by atoms with van der Waals surface area (Å²) >= 11 is 1.13. The van der Waals surface area contributed by atoms with Gasteiger partial charge in [-0.2, -0.15) is 0 Å². The number of aromatic nitrogens is 1. The summed E-state index contributed by atoms with van der Waals surface area (Å²) < 4.78 is 5.05. The second-order valence-corrected chi connectivity index (χ2v) is 6.46. The Bertz CT molecular complexity index is 723. The van der Waals surface area contributed by atoms with Crippen LogP contribution in [-0.4, -0.2) is 23.5 Å². The topological polar surface area (TPSA) is 94.3 Å². The van der Waals surface area contributed by atoms with Crippen LogP contribution in [0.5, 0.6) is 0 Å². The van der Waals surface area contributed by atoms with Crippen molar-refractivity contribution in [2.24, 2.45) is 5.73 Å². The molecule has 0 unspecified atom stereocenters. The molecular weight excluding hydrogens is 326 g/mol. The second kappa shape index (κ2) is 8.03. The Morgan fingerprint density at radius 1 is 1.29 bits per heavy atom. The summed E-state index contributed by atoms with van der Waals surface area (Å²) in [6.07, 6.45) is 0. The van der Waals surface area contributed by atoms with E-state index in [9.17, 15) is 9.59 Å². The number of esters is 1. The van der Waals surface area contributed by atoms with Gasteiger partial charge in [-0.25, -0.2) is 9.78 Å². The first-order valence-corrected chi connectivity index (χ1v) is 8.56. The Balaban J connectivity index is 2.20. The molecule has 0 fully saturated rings. The molecule has 2 rings (SSSR count). The lowest BCUT2D eigenvalue weighted by atomic mass is 10.1. The second-order valence-electron chi connectivity index (χ2n) is 5.46. The van der Waals surface area contributed by atoms with Crippen LogP contribution in [0.1, 0.15) is 58.0 Å². The minimum atomic E-state index is -0.411. The molecule has 2 aromatic rings. The van der Waals surface area contributed by atoms with Crippen LogP contribution in [0.2, 0.25) is 0 Å². The van der Waals surface area contributed by atoms with Gasteiger partial charge in [0.15, 0.2) is 5.13 Å². The predicted molar refractivity (Wildman–Crippen MR) is 94.4 cm³/mol. The SMILES string of the molecule is CCOC(=O)c1sc(NC(=O)c2ccc(CN)cc2)nc1C(C)C. The van der Waals surface area contributed by atoms with Gasteiger partial charge in [-0.05, 0) is 30.5 Å². The molecule has 1 heterocycles. The molecule has 0 radical (unpaired) electrons. The van der Waals surface area contributed by atoms with Crippen molar-refractivity contribution in [3.8, 4) is 0 Å². The highest BCUT2D eigenvalue weighted by molar-refractivity contribution is 7.17. The van der Waals surface area contributed by atoms with Gasteiger partial charge in [0.25, 0.3) is 5.91 Å². The number of nitrogens with two attached hydrogens (primary N) is 1. The average Bonchev–Trinajstić information content (AvgIpc) is 2.99. The van der Waals surface area contributed by atoms with E-state index < -0.39 is 5.97 Å². The smallest absolute Gasteiger partial charge is 0.350 e. The van der Waals surface area contributed by atoms with Gasteiger partial charge < -0.3 is 10.5 Å². The number of thiazole rings is 1. The Hall–Kier alpha value is -2.25. The van der Waals surface area contributed by atoms with E-state index in [0.717, 1.165) is 16.9 Å². The highest BCUT2D eigenvalue weighted by atomic mass is 32.1. The third-order valence-corrected chi connectivity index (χ3v) is 4.30. The summed E-state index contributed by atoms with van der Waals surface area (Å²) in [5.74, 6) is -0.639. The molecule has 24 heavy (non-hydrogen) atoms. The molecule has 0 bridgehead atoms. The van der Waals surface area contributed by atoms with Gasteiger partial charge in [-0.3, -0.25) is 10.1 Å². The number of carbonyl (C=O) groups excluding carboxylic acids is 2. The van der Waals surface area contributed by atoms with E-state index in [1.165, 1.54) is 0 Å². The van der Waals surface area contributed by atoms with Crippen molar-refractivity contribution in [1.82, 2.24) is 4.98 Å². The number of hydrogen-bond donors (Lipinski definition) is 2. The molecule has 0 saturated heterocycles. The largest absolute Gasteiger partial charge is 0.462 e. The van der Waals surface area contributed by atoms with Crippen LogP contribution < -0.4 is 11.1 Å². The molecular formula is C17H21N3O3S. The maximum Gasteiger partial charge on any atom is 0.350 e. The predicted octanol–water partition coefficient (Wildman–Crippen LogP) is 3.15. The number of carbonyl (C=O) groups is 2. The number of ether oxygens (including phenoxy) is 1. The van der Waals surface area contributed by atoms with E-state index >= 15 is 0 Å². The van der Waals surface area contributed by atoms with Crippen LogP contribution in [-0.2, 0) is 11.3 Å². The van der Waals surface area contributed by atoms with E-state index in [-0.39, 0.29) is 11.8 Å². The third-order valence-electron chi connectivity index (χ3n) is 3.33. The summed E-state index contributed by atoms with van der Waals surface area (Å²) in [6, 6.07) is 7.03. The molecule has 128 valence electrons. The maximum atomic E-state index is 12.3. The minimum absolute atomic E-state index is 0.0511. The van der Waals surface area contributed by atoms with Gasteiger partial charge in [0.2, 0.25) is 0 Å². The number of rotatable bonds is 6. The van der Waals surface area contributed by atoms with E-state index in [1.807, 2.05) is 13.8 Å². The molecule has 0 spiro atoms. The molecule has 6 nitrogen and oxygen atoms in total. The van der Waals surface area contributed by atoms with Crippen LogP contribution in [0.4, 0.5) is 5.13 Å². The van der Waals surface area contributed by atoms with E-state index in [0.29, 0.717) is 34.4 Å². The Labute approximate surface area is 145 Å². The molecule has 0 aliphatic heterocycles. The fraction of sp³-hybridized carbons (Fsp3) is 0.353. The maximum absolute atomic E-state index is 12.3. The average molecular weight is 347 g/mol. The molecule has 0 aliphatic carbocycles. The summed E-state index contributed by atoms with van der Waals surface area (Å²) in [5.41, 5.74) is 7.64. The summed E-state index contributed by atoms with van der Waals surface area (Å²) in [7, 11) is 0. The van der Waals surface area contributed by atoms with Crippen molar-refractivity contribution in [1.29, 1.82) is 0 Å². The number of anilines is 1. The first kappa shape index (κ1) is 18.1. The molecule has 7 heteroatoms. The van der Waals surface area contributed by atoms with Crippen LogP contribution >= 0.6 is 11.3 Å². The van der Waals surface area contributed by atoms with Crippen molar-refractivity contribution in [2.75, 3.05) is 11.9 Å². The monoisotopic (exact) mass is 347 g/mol. The zero-order chi connectivity index (χ0) is 17.7. The lowest BCUT2D eigenvalue weighted by molar-refractivity contribution is 0.0530. The summed E-state index contributed by atoms with van der Waals surface area (Å²) in [4.78, 5) is 29.2. The van der Waals surface area contributed by atoms with Gasteiger partial charge >= 0.3 is 5.97 Å². The van der Waals surface area contributed by atoms with Gasteiger partial charge in [0, 0.05) is 12.1 Å². The van der Waals surface area contributed by atoms with Crippen molar-refractivity contribution >= 4 is 28.3 Å². The van der Waals surface area contributed by atoms with Crippen molar-refractivity contribution in [2.45, 2.75) is 33.2 Å². The number of nitrogens with one attached hydrogen (secondary N) is 1. The van der Waals surface area contributed by atoms with E-state index in [1.54, 1.807) is 31.2 Å². The van der Waals surface area contributed by atoms with Crippen molar-refractivity contribution in [3.63, 3.8) is 0 Å². The minimum Gasteiger partial charge on any atom is -0.462 e. The molecule has 0 aliphatic rings. The van der Waals surface area contributed by atoms with E-state index in [2.05, 4.69) is 10.3 Å². The van der Waals surface area contributed by atoms with Gasteiger partial charge in [-0.1, -0.05) is 37.3 Å². The van der Waals surface area contributed by atoms with Gasteiger partial charge in [0.1, 0.15) is 4.88 Å². The zero-order valence-corrected chi connectivity index (χ0v) is 14.8. The van der Waals surface area contributed by atoms with Crippen LogP contribution in [0.3, 0.4) is 0 Å². The standard InChI is InChI=1S/C17H21N3O3S/c1-4-23-16(22)14-13(10(2)3)19-17(24-14)20-15(21)12-7-5-11(9-18)6-8-12/h5-8,10H,4,9,18H2,1-3H3,(H,19,20,21).